The van der Waals surface area contributed by atoms with Gasteiger partial charge in [0.25, 0.3) is 0 Å². The Kier molecular flexibility index (Phi) is 4.80. The number of esters is 1. The zero-order chi connectivity index (χ0) is 13.7. The lowest BCUT2D eigenvalue weighted by atomic mass is 9.98. The maximum absolute atomic E-state index is 11.4. The van der Waals surface area contributed by atoms with Crippen LogP contribution in [0, 0.1) is 0 Å². The number of hydrogen-bond donors (Lipinski definition) is 1. The fraction of sp³-hybridized carbons (Fsp3) is 0.533. The Morgan fingerprint density at radius 2 is 2.11 bits per heavy atom. The van der Waals surface area contributed by atoms with Crippen molar-refractivity contribution in [3.63, 3.8) is 0 Å². The molecule has 1 fully saturated rings. The average molecular weight is 263 g/mol. The largest absolute Gasteiger partial charge is 0.508 e. The van der Waals surface area contributed by atoms with Crippen LogP contribution in [0.15, 0.2) is 24.3 Å². The lowest BCUT2D eigenvalue weighted by molar-refractivity contribution is -0.142. The molecule has 2 rings (SSSR count). The number of carbonyl (C=O) groups is 1. The van der Waals surface area contributed by atoms with Gasteiger partial charge in [0.15, 0.2) is 0 Å². The first-order chi connectivity index (χ1) is 9.19. The predicted molar refractivity (Wildman–Crippen MR) is 72.8 cm³/mol. The molecular weight excluding hydrogens is 242 g/mol. The highest BCUT2D eigenvalue weighted by Gasteiger charge is 2.24. The molecule has 4 heteroatoms. The quantitative estimate of drug-likeness (QED) is 0.847. The molecule has 1 N–H and O–H groups in total. The summed E-state index contributed by atoms with van der Waals surface area (Å²) in [5.74, 6) is 0.149. The highest BCUT2D eigenvalue weighted by atomic mass is 16.5. The number of piperidine rings is 1. The third kappa shape index (κ3) is 3.96. The maximum Gasteiger partial charge on any atom is 0.307 e. The third-order valence-electron chi connectivity index (χ3n) is 3.70. The number of likely N-dealkylation sites (tertiary alicyclic amines) is 1. The number of methoxy groups -OCH3 is 1. The summed E-state index contributed by atoms with van der Waals surface area (Å²) in [6, 6.07) is 7.54. The van der Waals surface area contributed by atoms with Gasteiger partial charge in [-0.25, -0.2) is 0 Å². The fourth-order valence-corrected chi connectivity index (χ4v) is 2.61. The number of phenols is 1. The molecule has 1 heterocycles. The predicted octanol–water partition coefficient (Wildman–Crippen LogP) is 2.31. The number of rotatable bonds is 4. The van der Waals surface area contributed by atoms with Gasteiger partial charge in [0.2, 0.25) is 0 Å². The molecule has 1 aliphatic heterocycles. The average Bonchev–Trinajstić information content (AvgIpc) is 2.43. The normalized spacial score (nSPS) is 20.2. The van der Waals surface area contributed by atoms with E-state index in [0.717, 1.165) is 25.1 Å². The Morgan fingerprint density at radius 3 is 2.79 bits per heavy atom. The zero-order valence-corrected chi connectivity index (χ0v) is 11.3. The van der Waals surface area contributed by atoms with E-state index >= 15 is 0 Å². The summed E-state index contributed by atoms with van der Waals surface area (Å²) in [5, 5.41) is 9.29. The van der Waals surface area contributed by atoms with E-state index in [1.807, 2.05) is 12.1 Å². The highest BCUT2D eigenvalue weighted by Crippen LogP contribution is 2.23. The van der Waals surface area contributed by atoms with E-state index in [-0.39, 0.29) is 17.8 Å². The fourth-order valence-electron chi connectivity index (χ4n) is 2.61. The molecule has 0 aliphatic carbocycles. The summed E-state index contributed by atoms with van der Waals surface area (Å²) in [6.07, 6.45) is 3.87. The molecule has 1 aliphatic rings. The second kappa shape index (κ2) is 6.57. The van der Waals surface area contributed by atoms with Crippen LogP contribution < -0.4 is 0 Å². The summed E-state index contributed by atoms with van der Waals surface area (Å²) < 4.78 is 4.77. The van der Waals surface area contributed by atoms with Crippen LogP contribution in [0.5, 0.6) is 5.75 Å². The van der Waals surface area contributed by atoms with E-state index in [1.165, 1.54) is 20.0 Å². The molecule has 1 aromatic carbocycles. The van der Waals surface area contributed by atoms with Gasteiger partial charge in [-0.2, -0.15) is 0 Å². The third-order valence-corrected chi connectivity index (χ3v) is 3.70. The van der Waals surface area contributed by atoms with Crippen LogP contribution in [-0.4, -0.2) is 35.7 Å². The molecule has 0 saturated carbocycles. The van der Waals surface area contributed by atoms with Crippen LogP contribution in [0.1, 0.15) is 31.2 Å². The van der Waals surface area contributed by atoms with E-state index in [2.05, 4.69) is 4.90 Å². The van der Waals surface area contributed by atoms with Crippen LogP contribution in [0.25, 0.3) is 0 Å². The van der Waals surface area contributed by atoms with E-state index in [0.29, 0.717) is 6.42 Å². The van der Waals surface area contributed by atoms with Crippen molar-refractivity contribution in [2.45, 2.75) is 38.3 Å². The molecular formula is C15H21NO3. The van der Waals surface area contributed by atoms with Gasteiger partial charge in [0.1, 0.15) is 5.75 Å². The van der Waals surface area contributed by atoms with E-state index in [4.69, 9.17) is 4.74 Å². The molecule has 1 aromatic rings. The molecule has 104 valence electrons. The molecule has 0 aromatic heterocycles. The van der Waals surface area contributed by atoms with Crippen molar-refractivity contribution in [2.75, 3.05) is 13.7 Å². The molecule has 1 unspecified atom stereocenters. The Hall–Kier alpha value is -1.55. The van der Waals surface area contributed by atoms with Gasteiger partial charge in [0, 0.05) is 12.6 Å². The highest BCUT2D eigenvalue weighted by molar-refractivity contribution is 5.69. The first kappa shape index (κ1) is 13.9. The summed E-state index contributed by atoms with van der Waals surface area (Å²) >= 11 is 0. The number of aromatic hydroxyl groups is 1. The van der Waals surface area contributed by atoms with Gasteiger partial charge in [-0.1, -0.05) is 18.6 Å². The number of nitrogens with zero attached hydrogens (tertiary/aromatic N) is 1. The topological polar surface area (TPSA) is 49.8 Å². The number of carbonyl (C=O) groups excluding carboxylic acids is 1. The van der Waals surface area contributed by atoms with Gasteiger partial charge in [0.05, 0.1) is 13.5 Å². The van der Waals surface area contributed by atoms with Crippen molar-refractivity contribution in [1.29, 1.82) is 0 Å². The molecule has 1 saturated heterocycles. The van der Waals surface area contributed by atoms with Crippen LogP contribution in [0.3, 0.4) is 0 Å². The molecule has 0 spiro atoms. The minimum absolute atomic E-state index is 0.136. The molecule has 0 amide bonds. The first-order valence-corrected chi connectivity index (χ1v) is 6.78. The molecule has 19 heavy (non-hydrogen) atoms. The lowest BCUT2D eigenvalue weighted by Gasteiger charge is -2.35. The van der Waals surface area contributed by atoms with Crippen molar-refractivity contribution in [1.82, 2.24) is 4.90 Å². The Balaban J connectivity index is 1.99. The second-order valence-electron chi connectivity index (χ2n) is 5.07. The Morgan fingerprint density at radius 1 is 1.37 bits per heavy atom. The number of benzene rings is 1. The summed E-state index contributed by atoms with van der Waals surface area (Å²) in [5.41, 5.74) is 1.16. The smallest absolute Gasteiger partial charge is 0.307 e. The molecule has 0 radical (unpaired) electrons. The molecule has 0 bridgehead atoms. The summed E-state index contributed by atoms with van der Waals surface area (Å²) in [4.78, 5) is 13.8. The minimum atomic E-state index is -0.136. The van der Waals surface area contributed by atoms with Crippen LogP contribution in [-0.2, 0) is 16.1 Å². The van der Waals surface area contributed by atoms with Crippen molar-refractivity contribution >= 4 is 5.97 Å². The van der Waals surface area contributed by atoms with Gasteiger partial charge in [-0.15, -0.1) is 0 Å². The van der Waals surface area contributed by atoms with Crippen LogP contribution in [0.2, 0.25) is 0 Å². The van der Waals surface area contributed by atoms with Gasteiger partial charge in [-0.05, 0) is 37.1 Å². The minimum Gasteiger partial charge on any atom is -0.508 e. The Labute approximate surface area is 114 Å². The second-order valence-corrected chi connectivity index (χ2v) is 5.07. The SMILES string of the molecule is COC(=O)CC1CCCCN1Cc1ccc(O)cc1. The first-order valence-electron chi connectivity index (χ1n) is 6.78. The van der Waals surface area contributed by atoms with Crippen molar-refractivity contribution < 1.29 is 14.6 Å². The Bertz CT molecular complexity index is 416. The van der Waals surface area contributed by atoms with E-state index in [1.54, 1.807) is 12.1 Å². The van der Waals surface area contributed by atoms with Crippen molar-refractivity contribution in [2.24, 2.45) is 0 Å². The zero-order valence-electron chi connectivity index (χ0n) is 11.3. The summed E-state index contributed by atoms with van der Waals surface area (Å²) in [6.45, 7) is 1.84. The number of ether oxygens (including phenoxy) is 1. The van der Waals surface area contributed by atoms with Gasteiger partial charge < -0.3 is 9.84 Å². The number of phenolic OH excluding ortho intramolecular Hbond substituents is 1. The monoisotopic (exact) mass is 263 g/mol. The van der Waals surface area contributed by atoms with Crippen molar-refractivity contribution in [3.8, 4) is 5.75 Å². The standard InChI is InChI=1S/C15H21NO3/c1-19-15(18)10-13-4-2-3-9-16(13)11-12-5-7-14(17)8-6-12/h5-8,13,17H,2-4,9-11H2,1H3. The number of hydrogen-bond acceptors (Lipinski definition) is 4. The summed E-state index contributed by atoms with van der Waals surface area (Å²) in [7, 11) is 1.44. The molecule has 1 atom stereocenters. The lowest BCUT2D eigenvalue weighted by Crippen LogP contribution is -2.40. The van der Waals surface area contributed by atoms with E-state index in [9.17, 15) is 9.90 Å². The van der Waals surface area contributed by atoms with E-state index < -0.39 is 0 Å². The van der Waals surface area contributed by atoms with Crippen LogP contribution >= 0.6 is 0 Å². The van der Waals surface area contributed by atoms with Crippen LogP contribution in [0.4, 0.5) is 0 Å². The molecule has 4 nitrogen and oxygen atoms in total. The maximum atomic E-state index is 11.4. The van der Waals surface area contributed by atoms with Gasteiger partial charge in [-0.3, -0.25) is 9.69 Å². The van der Waals surface area contributed by atoms with Crippen molar-refractivity contribution in [3.05, 3.63) is 29.8 Å². The van der Waals surface area contributed by atoms with Gasteiger partial charge >= 0.3 is 5.97 Å².